The predicted molar refractivity (Wildman–Crippen MR) is 93.3 cm³/mol. The lowest BCUT2D eigenvalue weighted by atomic mass is 10.2. The maximum Gasteiger partial charge on any atom is 0.184 e. The van der Waals surface area contributed by atoms with Crippen molar-refractivity contribution in [2.75, 3.05) is 0 Å². The summed E-state index contributed by atoms with van der Waals surface area (Å²) in [6.45, 7) is 0. The first-order valence-electron chi connectivity index (χ1n) is 6.25. The molecule has 0 bridgehead atoms. The summed E-state index contributed by atoms with van der Waals surface area (Å²) in [5, 5.41) is 5.34. The van der Waals surface area contributed by atoms with Crippen molar-refractivity contribution in [1.82, 2.24) is 9.78 Å². The van der Waals surface area contributed by atoms with E-state index in [-0.39, 0.29) is 0 Å². The number of aromatic nitrogens is 2. The predicted octanol–water partition coefficient (Wildman–Crippen LogP) is 5.61. The first-order chi connectivity index (χ1) is 10.2. The molecule has 3 aromatic rings. The van der Waals surface area contributed by atoms with Crippen molar-refractivity contribution in [1.29, 1.82) is 0 Å². The van der Waals surface area contributed by atoms with E-state index in [0.717, 1.165) is 24.8 Å². The van der Waals surface area contributed by atoms with Crippen molar-refractivity contribution >= 4 is 46.9 Å². The average Bonchev–Trinajstić information content (AvgIpc) is 2.89. The van der Waals surface area contributed by atoms with Crippen LogP contribution in [0, 0.1) is 3.95 Å². The van der Waals surface area contributed by atoms with Gasteiger partial charge >= 0.3 is 0 Å². The van der Waals surface area contributed by atoms with Crippen LogP contribution >= 0.6 is 46.9 Å². The topological polar surface area (TPSA) is 17.8 Å². The Hall–Kier alpha value is -1.14. The molecule has 6 heteroatoms. The number of hydrogen-bond donors (Lipinski definition) is 0. The lowest BCUT2D eigenvalue weighted by Crippen LogP contribution is -1.95. The van der Waals surface area contributed by atoms with Gasteiger partial charge in [-0.15, -0.1) is 5.10 Å². The number of nitrogens with zero attached hydrogens (tertiary/aromatic N) is 2. The number of thioether (sulfide) groups is 1. The molecule has 0 aliphatic heterocycles. The maximum atomic E-state index is 5.89. The van der Waals surface area contributed by atoms with Crippen LogP contribution in [0.25, 0.3) is 5.69 Å². The van der Waals surface area contributed by atoms with Crippen molar-refractivity contribution in [3.05, 3.63) is 69.1 Å². The highest BCUT2D eigenvalue weighted by molar-refractivity contribution is 8.00. The second-order valence-corrected chi connectivity index (χ2v) is 7.58. The Balaban J connectivity index is 1.76. The number of hydrogen-bond acceptors (Lipinski definition) is 4. The zero-order chi connectivity index (χ0) is 14.7. The summed E-state index contributed by atoms with van der Waals surface area (Å²) in [6.07, 6.45) is 0. The van der Waals surface area contributed by atoms with Gasteiger partial charge in [0.05, 0.1) is 5.69 Å². The zero-order valence-corrected chi connectivity index (χ0v) is 14.1. The molecular weight excluding hydrogens is 340 g/mol. The summed E-state index contributed by atoms with van der Waals surface area (Å²) in [6, 6.07) is 17.8. The normalized spacial score (nSPS) is 10.7. The molecule has 0 unspecified atom stereocenters. The Morgan fingerprint density at radius 1 is 1.10 bits per heavy atom. The Morgan fingerprint density at radius 2 is 1.81 bits per heavy atom. The summed E-state index contributed by atoms with van der Waals surface area (Å²) in [5.74, 6) is 0.855. The second-order valence-electron chi connectivity index (χ2n) is 4.30. The van der Waals surface area contributed by atoms with Gasteiger partial charge < -0.3 is 0 Å². The van der Waals surface area contributed by atoms with Gasteiger partial charge in [-0.1, -0.05) is 65.0 Å². The first kappa shape index (κ1) is 14.8. The third-order valence-corrected chi connectivity index (χ3v) is 5.49. The highest BCUT2D eigenvalue weighted by atomic mass is 35.5. The molecule has 0 N–H and O–H groups in total. The van der Waals surface area contributed by atoms with Crippen LogP contribution in [0.5, 0.6) is 0 Å². The highest BCUT2D eigenvalue weighted by Gasteiger charge is 2.06. The lowest BCUT2D eigenvalue weighted by molar-refractivity contribution is 0.829. The SMILES string of the molecule is S=c1sc(SCc2ccc(Cl)cc2)nn1-c1ccccc1. The van der Waals surface area contributed by atoms with Gasteiger partial charge in [0.15, 0.2) is 8.29 Å². The van der Waals surface area contributed by atoms with E-state index in [1.54, 1.807) is 11.8 Å². The molecule has 0 saturated heterocycles. The third-order valence-electron chi connectivity index (χ3n) is 2.81. The highest BCUT2D eigenvalue weighted by Crippen LogP contribution is 2.27. The molecule has 0 aliphatic rings. The molecule has 2 aromatic carbocycles. The van der Waals surface area contributed by atoms with Crippen LogP contribution in [-0.2, 0) is 5.75 Å². The first-order valence-corrected chi connectivity index (χ1v) is 8.84. The Bertz CT molecular complexity index is 779. The van der Waals surface area contributed by atoms with Crippen LogP contribution in [0.15, 0.2) is 58.9 Å². The van der Waals surface area contributed by atoms with E-state index < -0.39 is 0 Å². The van der Waals surface area contributed by atoms with Gasteiger partial charge in [0.2, 0.25) is 0 Å². The van der Waals surface area contributed by atoms with Crippen molar-refractivity contribution < 1.29 is 0 Å². The molecular formula is C15H11ClN2S3. The van der Waals surface area contributed by atoms with Crippen LogP contribution in [0.1, 0.15) is 5.56 Å². The van der Waals surface area contributed by atoms with Crippen molar-refractivity contribution in [3.8, 4) is 5.69 Å². The molecule has 0 aliphatic carbocycles. The van der Waals surface area contributed by atoms with E-state index in [9.17, 15) is 0 Å². The van der Waals surface area contributed by atoms with Crippen molar-refractivity contribution in [2.45, 2.75) is 10.1 Å². The molecule has 106 valence electrons. The smallest absolute Gasteiger partial charge is 0.184 e. The van der Waals surface area contributed by atoms with Crippen LogP contribution in [-0.4, -0.2) is 9.78 Å². The van der Waals surface area contributed by atoms with Gasteiger partial charge in [-0.3, -0.25) is 0 Å². The van der Waals surface area contributed by atoms with E-state index in [1.165, 1.54) is 16.9 Å². The van der Waals surface area contributed by atoms with Crippen molar-refractivity contribution in [2.24, 2.45) is 0 Å². The van der Waals surface area contributed by atoms with Gasteiger partial charge in [-0.2, -0.15) is 0 Å². The van der Waals surface area contributed by atoms with E-state index in [1.807, 2.05) is 59.3 Å². The van der Waals surface area contributed by atoms with Gasteiger partial charge in [-0.25, -0.2) is 4.68 Å². The summed E-state index contributed by atoms with van der Waals surface area (Å²) in [5.41, 5.74) is 2.22. The lowest BCUT2D eigenvalue weighted by Gasteiger charge is -2.00. The van der Waals surface area contributed by atoms with Crippen LogP contribution in [0.2, 0.25) is 5.02 Å². The molecule has 0 atom stereocenters. The molecule has 21 heavy (non-hydrogen) atoms. The van der Waals surface area contributed by atoms with Crippen molar-refractivity contribution in [3.63, 3.8) is 0 Å². The Kier molecular flexibility index (Phi) is 4.75. The summed E-state index contributed by atoms with van der Waals surface area (Å²) in [7, 11) is 0. The molecule has 3 rings (SSSR count). The Labute approximate surface area is 141 Å². The largest absolute Gasteiger partial charge is 0.211 e. The minimum Gasteiger partial charge on any atom is -0.211 e. The van der Waals surface area contributed by atoms with Gasteiger partial charge in [0, 0.05) is 10.8 Å². The quantitative estimate of drug-likeness (QED) is 0.450. The summed E-state index contributed by atoms with van der Waals surface area (Å²) in [4.78, 5) is 0. The van der Waals surface area contributed by atoms with E-state index in [4.69, 9.17) is 23.8 Å². The fourth-order valence-corrected chi connectivity index (χ4v) is 4.22. The van der Waals surface area contributed by atoms with Gasteiger partial charge in [0.1, 0.15) is 0 Å². The molecule has 0 saturated carbocycles. The summed E-state index contributed by atoms with van der Waals surface area (Å²) >= 11 is 14.5. The second kappa shape index (κ2) is 6.75. The Morgan fingerprint density at radius 3 is 2.52 bits per heavy atom. The number of halogens is 1. The standard InChI is InChI=1S/C15H11ClN2S3/c16-12-8-6-11(7-9-12)10-20-14-17-18(15(19)21-14)13-4-2-1-3-5-13/h1-9H,10H2. The fraction of sp³-hybridized carbons (Fsp3) is 0.0667. The minimum absolute atomic E-state index is 0.757. The van der Waals surface area contributed by atoms with Gasteiger partial charge in [-0.05, 0) is 42.0 Å². The molecule has 0 radical (unpaired) electrons. The van der Waals surface area contributed by atoms with Gasteiger partial charge in [0.25, 0.3) is 0 Å². The maximum absolute atomic E-state index is 5.89. The van der Waals surface area contributed by atoms with E-state index in [0.29, 0.717) is 0 Å². The molecule has 0 fully saturated rings. The number of rotatable bonds is 4. The fourth-order valence-electron chi connectivity index (χ4n) is 1.78. The average molecular weight is 351 g/mol. The third kappa shape index (κ3) is 3.74. The monoisotopic (exact) mass is 350 g/mol. The van der Waals surface area contributed by atoms with E-state index >= 15 is 0 Å². The zero-order valence-electron chi connectivity index (χ0n) is 10.9. The minimum atomic E-state index is 0.757. The molecule has 1 aromatic heterocycles. The molecule has 0 amide bonds. The number of para-hydroxylation sites is 1. The molecule has 1 heterocycles. The summed E-state index contributed by atoms with van der Waals surface area (Å²) < 4.78 is 3.54. The van der Waals surface area contributed by atoms with Crippen LogP contribution in [0.4, 0.5) is 0 Å². The van der Waals surface area contributed by atoms with E-state index in [2.05, 4.69) is 5.10 Å². The number of benzene rings is 2. The molecule has 0 spiro atoms. The molecule has 2 nitrogen and oxygen atoms in total. The van der Waals surface area contributed by atoms with Crippen LogP contribution in [0.3, 0.4) is 0 Å². The van der Waals surface area contributed by atoms with Crippen LogP contribution < -0.4 is 0 Å².